The Bertz CT molecular complexity index is 1260. The summed E-state index contributed by atoms with van der Waals surface area (Å²) in [6.07, 6.45) is 11.7. The maximum atomic E-state index is 13.1. The highest BCUT2D eigenvalue weighted by Crippen LogP contribution is 2.28. The molecular formula is C25H29N5O3. The molecule has 3 heterocycles. The number of nitrogens with zero attached hydrogens (tertiary/aromatic N) is 4. The quantitative estimate of drug-likeness (QED) is 0.401. The zero-order valence-electron chi connectivity index (χ0n) is 18.9. The lowest BCUT2D eigenvalue weighted by Crippen LogP contribution is -2.15. The number of hydrogen-bond acceptors (Lipinski definition) is 5. The summed E-state index contributed by atoms with van der Waals surface area (Å²) in [5.74, 6) is 1.15. The fourth-order valence-corrected chi connectivity index (χ4v) is 4.62. The number of ether oxygens (including phenoxy) is 2. The van der Waals surface area contributed by atoms with Crippen molar-refractivity contribution in [2.75, 3.05) is 25.6 Å². The van der Waals surface area contributed by atoms with Crippen LogP contribution in [-0.4, -0.2) is 45.4 Å². The van der Waals surface area contributed by atoms with Crippen molar-refractivity contribution in [1.82, 2.24) is 19.2 Å². The summed E-state index contributed by atoms with van der Waals surface area (Å²) < 4.78 is 14.5. The fourth-order valence-electron chi connectivity index (χ4n) is 4.62. The Hall–Kier alpha value is -3.39. The number of benzene rings is 1. The summed E-state index contributed by atoms with van der Waals surface area (Å²) in [6.45, 7) is 1.90. The maximum absolute atomic E-state index is 13.1. The van der Waals surface area contributed by atoms with Gasteiger partial charge in [-0.3, -0.25) is 13.9 Å². The predicted octanol–water partition coefficient (Wildman–Crippen LogP) is 4.54. The molecule has 1 aliphatic carbocycles. The van der Waals surface area contributed by atoms with Gasteiger partial charge in [0.1, 0.15) is 23.7 Å². The van der Waals surface area contributed by atoms with Crippen molar-refractivity contribution < 1.29 is 14.3 Å². The van der Waals surface area contributed by atoms with Crippen molar-refractivity contribution in [3.8, 4) is 5.75 Å². The van der Waals surface area contributed by atoms with E-state index in [9.17, 15) is 4.79 Å². The first-order chi connectivity index (χ1) is 16.2. The molecule has 0 aliphatic heterocycles. The van der Waals surface area contributed by atoms with Crippen molar-refractivity contribution >= 4 is 28.1 Å². The van der Waals surface area contributed by atoms with Gasteiger partial charge < -0.3 is 14.8 Å². The molecule has 1 aliphatic rings. The van der Waals surface area contributed by atoms with Gasteiger partial charge in [0.05, 0.1) is 30.2 Å². The van der Waals surface area contributed by atoms with Gasteiger partial charge in [-0.2, -0.15) is 5.10 Å². The Morgan fingerprint density at radius 1 is 1.15 bits per heavy atom. The second-order valence-electron chi connectivity index (χ2n) is 8.60. The zero-order chi connectivity index (χ0) is 22.6. The molecule has 0 radical (unpaired) electrons. The Morgan fingerprint density at radius 3 is 2.88 bits per heavy atom. The Balaban J connectivity index is 1.34. The van der Waals surface area contributed by atoms with Crippen molar-refractivity contribution in [2.45, 2.75) is 38.6 Å². The molecule has 172 valence electrons. The van der Waals surface area contributed by atoms with E-state index in [1.165, 1.54) is 32.1 Å². The fraction of sp³-hybridized carbons (Fsp3) is 0.400. The summed E-state index contributed by atoms with van der Waals surface area (Å²) in [4.78, 5) is 17.5. The number of carbonyl (C=O) groups is 1. The molecule has 33 heavy (non-hydrogen) atoms. The number of imidazole rings is 1. The summed E-state index contributed by atoms with van der Waals surface area (Å²) >= 11 is 0. The van der Waals surface area contributed by atoms with Crippen LogP contribution in [0.5, 0.6) is 5.75 Å². The minimum Gasteiger partial charge on any atom is -0.491 e. The van der Waals surface area contributed by atoms with Gasteiger partial charge >= 0.3 is 0 Å². The van der Waals surface area contributed by atoms with E-state index < -0.39 is 0 Å². The number of anilines is 1. The Kier molecular flexibility index (Phi) is 6.26. The number of aromatic nitrogens is 4. The molecule has 8 nitrogen and oxygen atoms in total. The van der Waals surface area contributed by atoms with Gasteiger partial charge in [0.2, 0.25) is 0 Å². The standard InChI is InChI=1S/C25H29N5O3/c1-32-12-13-33-19-10-11-29-23(16-26-24(29)14-19)25(31)28-21-8-5-9-22-20(21)15-27-30(22)17-18-6-3-2-4-7-18/h5,8-11,14-16,18H,2-4,6-7,12-13,17H2,1H3,(H,28,31). The van der Waals surface area contributed by atoms with Gasteiger partial charge in [0.25, 0.3) is 5.91 Å². The number of methoxy groups -OCH3 is 1. The van der Waals surface area contributed by atoms with Crippen LogP contribution in [0.15, 0.2) is 48.9 Å². The van der Waals surface area contributed by atoms with Crippen molar-refractivity contribution in [1.29, 1.82) is 0 Å². The first-order valence-electron chi connectivity index (χ1n) is 11.6. The summed E-state index contributed by atoms with van der Waals surface area (Å²) in [7, 11) is 1.63. The monoisotopic (exact) mass is 447 g/mol. The Morgan fingerprint density at radius 2 is 2.03 bits per heavy atom. The lowest BCUT2D eigenvalue weighted by molar-refractivity contribution is 0.102. The molecule has 0 atom stereocenters. The largest absolute Gasteiger partial charge is 0.491 e. The molecule has 1 saturated carbocycles. The molecule has 0 unspecified atom stereocenters. The third kappa shape index (κ3) is 4.57. The lowest BCUT2D eigenvalue weighted by Gasteiger charge is -2.21. The number of hydrogen-bond donors (Lipinski definition) is 1. The second-order valence-corrected chi connectivity index (χ2v) is 8.60. The highest BCUT2D eigenvalue weighted by atomic mass is 16.5. The van der Waals surface area contributed by atoms with E-state index in [0.29, 0.717) is 36.2 Å². The zero-order valence-corrected chi connectivity index (χ0v) is 18.9. The van der Waals surface area contributed by atoms with E-state index in [2.05, 4.69) is 26.1 Å². The van der Waals surface area contributed by atoms with Gasteiger partial charge in [0.15, 0.2) is 0 Å². The van der Waals surface area contributed by atoms with Crippen LogP contribution in [0.2, 0.25) is 0 Å². The van der Waals surface area contributed by atoms with Gasteiger partial charge in [-0.1, -0.05) is 25.3 Å². The normalized spacial score (nSPS) is 14.7. The number of amides is 1. The van der Waals surface area contributed by atoms with Crippen LogP contribution in [0, 0.1) is 5.92 Å². The smallest absolute Gasteiger partial charge is 0.274 e. The number of carbonyl (C=O) groups excluding carboxylic acids is 1. The number of nitrogens with one attached hydrogen (secondary N) is 1. The molecular weight excluding hydrogens is 418 g/mol. The van der Waals surface area contributed by atoms with Crippen molar-refractivity contribution in [3.63, 3.8) is 0 Å². The minimum absolute atomic E-state index is 0.219. The van der Waals surface area contributed by atoms with Crippen LogP contribution >= 0.6 is 0 Å². The van der Waals surface area contributed by atoms with Gasteiger partial charge in [0, 0.05) is 31.3 Å². The molecule has 5 rings (SSSR count). The highest BCUT2D eigenvalue weighted by Gasteiger charge is 2.18. The summed E-state index contributed by atoms with van der Waals surface area (Å²) in [6, 6.07) is 9.58. The molecule has 1 N–H and O–H groups in total. The predicted molar refractivity (Wildman–Crippen MR) is 127 cm³/mol. The SMILES string of the molecule is COCCOc1ccn2c(C(=O)Nc3cccc4c3cnn4CC3CCCCC3)cnc2c1. The number of pyridine rings is 1. The van der Waals surface area contributed by atoms with Crippen LogP contribution < -0.4 is 10.1 Å². The molecule has 1 fully saturated rings. The van der Waals surface area contributed by atoms with Crippen LogP contribution in [0.1, 0.15) is 42.6 Å². The third-order valence-electron chi connectivity index (χ3n) is 6.37. The van der Waals surface area contributed by atoms with Crippen LogP contribution in [0.3, 0.4) is 0 Å². The summed E-state index contributed by atoms with van der Waals surface area (Å²) in [5, 5.41) is 8.64. The van der Waals surface area contributed by atoms with Crippen LogP contribution in [0.4, 0.5) is 5.69 Å². The topological polar surface area (TPSA) is 82.7 Å². The molecule has 1 amide bonds. The van der Waals surface area contributed by atoms with E-state index in [1.54, 1.807) is 23.9 Å². The van der Waals surface area contributed by atoms with Gasteiger partial charge in [-0.15, -0.1) is 0 Å². The molecule has 0 saturated heterocycles. The highest BCUT2D eigenvalue weighted by molar-refractivity contribution is 6.08. The minimum atomic E-state index is -0.219. The van der Waals surface area contributed by atoms with Crippen LogP contribution in [-0.2, 0) is 11.3 Å². The number of rotatable bonds is 8. The molecule has 0 bridgehead atoms. The van der Waals surface area contributed by atoms with E-state index in [1.807, 2.05) is 30.5 Å². The van der Waals surface area contributed by atoms with Crippen molar-refractivity contribution in [3.05, 3.63) is 54.6 Å². The molecule has 8 heteroatoms. The maximum Gasteiger partial charge on any atom is 0.274 e. The van der Waals surface area contributed by atoms with Gasteiger partial charge in [-0.25, -0.2) is 4.98 Å². The first kappa shape index (κ1) is 21.5. The second kappa shape index (κ2) is 9.62. The van der Waals surface area contributed by atoms with E-state index in [-0.39, 0.29) is 5.91 Å². The third-order valence-corrected chi connectivity index (χ3v) is 6.37. The molecule has 0 spiro atoms. The first-order valence-corrected chi connectivity index (χ1v) is 11.6. The Labute approximate surface area is 192 Å². The van der Waals surface area contributed by atoms with Crippen LogP contribution in [0.25, 0.3) is 16.6 Å². The van der Waals surface area contributed by atoms with E-state index in [4.69, 9.17) is 9.47 Å². The molecule has 1 aromatic carbocycles. The van der Waals surface area contributed by atoms with E-state index >= 15 is 0 Å². The average Bonchev–Trinajstić information content (AvgIpc) is 3.45. The molecule has 4 aromatic rings. The summed E-state index contributed by atoms with van der Waals surface area (Å²) in [5.41, 5.74) is 2.91. The average molecular weight is 448 g/mol. The lowest BCUT2D eigenvalue weighted by atomic mass is 9.89. The van der Waals surface area contributed by atoms with Gasteiger partial charge in [-0.05, 0) is 37.0 Å². The number of fused-ring (bicyclic) bond motifs is 2. The molecule has 3 aromatic heterocycles. The van der Waals surface area contributed by atoms with Crippen molar-refractivity contribution in [2.24, 2.45) is 5.92 Å². The van der Waals surface area contributed by atoms with E-state index in [0.717, 1.165) is 23.1 Å².